The molecule has 0 atom stereocenters. The highest BCUT2D eigenvalue weighted by Gasteiger charge is 2.25. The van der Waals surface area contributed by atoms with E-state index in [1.165, 1.54) is 12.8 Å². The van der Waals surface area contributed by atoms with Crippen LogP contribution in [0.15, 0.2) is 0 Å². The molecule has 5 heteroatoms. The van der Waals surface area contributed by atoms with Gasteiger partial charge in [-0.2, -0.15) is 0 Å². The first-order chi connectivity index (χ1) is 8.07. The van der Waals surface area contributed by atoms with Gasteiger partial charge in [0.15, 0.2) is 16.1 Å². The summed E-state index contributed by atoms with van der Waals surface area (Å²) < 4.78 is 34.5. The summed E-state index contributed by atoms with van der Waals surface area (Å²) in [6.45, 7) is 4.64. The van der Waals surface area contributed by atoms with Crippen molar-refractivity contribution in [3.05, 3.63) is 0 Å². The van der Waals surface area contributed by atoms with Crippen LogP contribution < -0.4 is 0 Å². The second-order valence-electron chi connectivity index (χ2n) is 4.57. The van der Waals surface area contributed by atoms with Crippen LogP contribution >= 0.6 is 0 Å². The molecule has 0 spiro atoms. The van der Waals surface area contributed by atoms with Crippen molar-refractivity contribution in [2.75, 3.05) is 24.7 Å². The Labute approximate surface area is 105 Å². The lowest BCUT2D eigenvalue weighted by Crippen LogP contribution is -2.30. The molecule has 0 bridgehead atoms. The van der Waals surface area contributed by atoms with Gasteiger partial charge in [-0.3, -0.25) is 0 Å². The van der Waals surface area contributed by atoms with Crippen LogP contribution in [0, 0.1) is 5.92 Å². The van der Waals surface area contributed by atoms with Crippen molar-refractivity contribution in [3.63, 3.8) is 0 Å². The Morgan fingerprint density at radius 1 is 1.12 bits per heavy atom. The summed E-state index contributed by atoms with van der Waals surface area (Å²) in [6.07, 6.45) is 3.83. The first-order valence-corrected chi connectivity index (χ1v) is 8.33. The molecule has 0 amide bonds. The van der Waals surface area contributed by atoms with Gasteiger partial charge < -0.3 is 9.47 Å². The van der Waals surface area contributed by atoms with Gasteiger partial charge in [-0.1, -0.05) is 12.8 Å². The van der Waals surface area contributed by atoms with Gasteiger partial charge >= 0.3 is 0 Å². The summed E-state index contributed by atoms with van der Waals surface area (Å²) in [5.74, 6) is 0.637. The molecule has 4 nitrogen and oxygen atoms in total. The van der Waals surface area contributed by atoms with E-state index in [9.17, 15) is 8.42 Å². The third-order valence-electron chi connectivity index (χ3n) is 3.06. The molecule has 0 aromatic rings. The summed E-state index contributed by atoms with van der Waals surface area (Å²) in [5.41, 5.74) is 0. The molecule has 1 fully saturated rings. The Kier molecular flexibility index (Phi) is 6.44. The molecule has 0 aromatic heterocycles. The van der Waals surface area contributed by atoms with Gasteiger partial charge in [-0.05, 0) is 32.6 Å². The number of rotatable bonds is 8. The molecule has 0 unspecified atom stereocenters. The number of sulfone groups is 1. The lowest BCUT2D eigenvalue weighted by Gasteiger charge is -2.18. The van der Waals surface area contributed by atoms with E-state index in [0.717, 1.165) is 12.8 Å². The number of hydrogen-bond donors (Lipinski definition) is 0. The van der Waals surface area contributed by atoms with Gasteiger partial charge in [0.1, 0.15) is 5.75 Å². The maximum Gasteiger partial charge on any atom is 0.171 e. The summed E-state index contributed by atoms with van der Waals surface area (Å²) in [7, 11) is -3.06. The number of hydrogen-bond acceptors (Lipinski definition) is 4. The van der Waals surface area contributed by atoms with Gasteiger partial charge in [0, 0.05) is 13.2 Å². The van der Waals surface area contributed by atoms with Crippen molar-refractivity contribution in [2.45, 2.75) is 45.8 Å². The smallest absolute Gasteiger partial charge is 0.171 e. The van der Waals surface area contributed by atoms with Gasteiger partial charge in [-0.25, -0.2) is 8.42 Å². The van der Waals surface area contributed by atoms with Crippen LogP contribution in [0.3, 0.4) is 0 Å². The van der Waals surface area contributed by atoms with Crippen LogP contribution in [0.2, 0.25) is 0 Å². The van der Waals surface area contributed by atoms with Crippen LogP contribution in [0.5, 0.6) is 0 Å². The normalized spacial score (nSPS) is 18.1. The van der Waals surface area contributed by atoms with Crippen molar-refractivity contribution >= 4 is 9.84 Å². The van der Waals surface area contributed by atoms with E-state index >= 15 is 0 Å². The average Bonchev–Trinajstić information content (AvgIpc) is 2.69. The van der Waals surface area contributed by atoms with Gasteiger partial charge in [0.2, 0.25) is 0 Å². The Morgan fingerprint density at radius 2 is 1.65 bits per heavy atom. The standard InChI is InChI=1S/C12H24O4S/c1-3-15-12(16-4-2)10-17(13,14)9-11-7-5-6-8-11/h11-12H,3-10H2,1-2H3. The summed E-state index contributed by atoms with van der Waals surface area (Å²) >= 11 is 0. The van der Waals surface area contributed by atoms with Crippen molar-refractivity contribution in [2.24, 2.45) is 5.92 Å². The Bertz CT molecular complexity index is 288. The monoisotopic (exact) mass is 264 g/mol. The Balaban J connectivity index is 2.44. The molecule has 0 saturated heterocycles. The quantitative estimate of drug-likeness (QED) is 0.629. The molecular formula is C12H24O4S. The molecular weight excluding hydrogens is 240 g/mol. The molecule has 0 N–H and O–H groups in total. The molecule has 1 saturated carbocycles. The van der Waals surface area contributed by atoms with Crippen LogP contribution in [-0.2, 0) is 19.3 Å². The van der Waals surface area contributed by atoms with Crippen molar-refractivity contribution in [3.8, 4) is 0 Å². The zero-order chi connectivity index (χ0) is 12.7. The second-order valence-corrected chi connectivity index (χ2v) is 6.72. The zero-order valence-corrected chi connectivity index (χ0v) is 11.7. The van der Waals surface area contributed by atoms with Crippen LogP contribution in [0.25, 0.3) is 0 Å². The predicted molar refractivity (Wildman–Crippen MR) is 67.7 cm³/mol. The minimum absolute atomic E-state index is 0.00875. The van der Waals surface area contributed by atoms with E-state index in [1.807, 2.05) is 13.8 Å². The highest BCUT2D eigenvalue weighted by molar-refractivity contribution is 7.91. The van der Waals surface area contributed by atoms with Gasteiger partial charge in [0.25, 0.3) is 0 Å². The van der Waals surface area contributed by atoms with Crippen LogP contribution in [0.4, 0.5) is 0 Å². The fourth-order valence-electron chi connectivity index (χ4n) is 2.33. The second kappa shape index (κ2) is 7.34. The van der Waals surface area contributed by atoms with Crippen LogP contribution in [-0.4, -0.2) is 39.4 Å². The van der Waals surface area contributed by atoms with Crippen molar-refractivity contribution in [1.29, 1.82) is 0 Å². The first kappa shape index (κ1) is 14.9. The van der Waals surface area contributed by atoms with Gasteiger partial charge in [0.05, 0.1) is 5.75 Å². The van der Waals surface area contributed by atoms with E-state index in [1.54, 1.807) is 0 Å². The van der Waals surface area contributed by atoms with E-state index in [0.29, 0.717) is 24.9 Å². The predicted octanol–water partition coefficient (Wildman–Crippen LogP) is 1.99. The summed E-state index contributed by atoms with van der Waals surface area (Å²) in [5, 5.41) is 0. The molecule has 102 valence electrons. The highest BCUT2D eigenvalue weighted by atomic mass is 32.2. The Hall–Kier alpha value is -0.130. The SMILES string of the molecule is CCOC(CS(=O)(=O)CC1CCCC1)OCC. The van der Waals surface area contributed by atoms with E-state index in [2.05, 4.69) is 0 Å². The molecule has 0 heterocycles. The minimum Gasteiger partial charge on any atom is -0.352 e. The molecule has 1 aliphatic carbocycles. The van der Waals surface area contributed by atoms with E-state index in [4.69, 9.17) is 9.47 Å². The van der Waals surface area contributed by atoms with Crippen molar-refractivity contribution in [1.82, 2.24) is 0 Å². The summed E-state index contributed by atoms with van der Waals surface area (Å²) in [6, 6.07) is 0. The fourth-order valence-corrected chi connectivity index (χ4v) is 4.12. The minimum atomic E-state index is -3.06. The summed E-state index contributed by atoms with van der Waals surface area (Å²) in [4.78, 5) is 0. The van der Waals surface area contributed by atoms with Crippen LogP contribution in [0.1, 0.15) is 39.5 Å². The third-order valence-corrected chi connectivity index (χ3v) is 4.82. The maximum atomic E-state index is 12.0. The lowest BCUT2D eigenvalue weighted by molar-refractivity contribution is -0.120. The Morgan fingerprint density at radius 3 is 2.12 bits per heavy atom. The maximum absolute atomic E-state index is 12.0. The topological polar surface area (TPSA) is 52.6 Å². The molecule has 0 radical (unpaired) electrons. The lowest BCUT2D eigenvalue weighted by atomic mass is 10.1. The highest BCUT2D eigenvalue weighted by Crippen LogP contribution is 2.26. The molecule has 0 aliphatic heterocycles. The fraction of sp³-hybridized carbons (Fsp3) is 1.00. The molecule has 1 rings (SSSR count). The first-order valence-electron chi connectivity index (χ1n) is 6.51. The molecule has 0 aromatic carbocycles. The van der Waals surface area contributed by atoms with Gasteiger partial charge in [-0.15, -0.1) is 0 Å². The molecule has 1 aliphatic rings. The zero-order valence-electron chi connectivity index (χ0n) is 10.9. The molecule has 17 heavy (non-hydrogen) atoms. The number of ether oxygens (including phenoxy) is 2. The van der Waals surface area contributed by atoms with E-state index in [-0.39, 0.29) is 5.75 Å². The average molecular weight is 264 g/mol. The third kappa shape index (κ3) is 5.84. The van der Waals surface area contributed by atoms with Crippen molar-refractivity contribution < 1.29 is 17.9 Å². The largest absolute Gasteiger partial charge is 0.352 e. The van der Waals surface area contributed by atoms with E-state index < -0.39 is 16.1 Å².